The lowest BCUT2D eigenvalue weighted by Gasteiger charge is -2.19. The zero-order valence-corrected chi connectivity index (χ0v) is 18.8. The van der Waals surface area contributed by atoms with Gasteiger partial charge in [-0.15, -0.1) is 18.3 Å². The van der Waals surface area contributed by atoms with Gasteiger partial charge in [0.15, 0.2) is 0 Å². The highest BCUT2D eigenvalue weighted by atomic mass is 32.2. The van der Waals surface area contributed by atoms with Crippen molar-refractivity contribution in [1.82, 2.24) is 0 Å². The van der Waals surface area contributed by atoms with Crippen LogP contribution in [0.15, 0.2) is 74.2 Å². The number of rotatable bonds is 4. The number of phenols is 1. The van der Waals surface area contributed by atoms with Gasteiger partial charge in [-0.05, 0) is 37.1 Å². The first-order valence-electron chi connectivity index (χ1n) is 10.3. The van der Waals surface area contributed by atoms with Crippen LogP contribution >= 0.6 is 11.8 Å². The highest BCUT2D eigenvalue weighted by molar-refractivity contribution is 7.99. The Bertz CT molecular complexity index is 1360. The van der Waals surface area contributed by atoms with Gasteiger partial charge in [0.25, 0.3) is 0 Å². The molecule has 0 amide bonds. The van der Waals surface area contributed by atoms with Gasteiger partial charge in [-0.25, -0.2) is 4.79 Å². The maximum absolute atomic E-state index is 13.4. The van der Waals surface area contributed by atoms with E-state index in [9.17, 15) is 28.2 Å². The fourth-order valence-corrected chi connectivity index (χ4v) is 5.06. The van der Waals surface area contributed by atoms with Crippen molar-refractivity contribution < 1.29 is 27.8 Å². The van der Waals surface area contributed by atoms with Gasteiger partial charge in [-0.2, -0.15) is 13.2 Å². The van der Waals surface area contributed by atoms with E-state index in [1.165, 1.54) is 30.8 Å². The molecule has 2 aromatic carbocycles. The molecule has 0 radical (unpaired) electrons. The average Bonchev–Trinajstić information content (AvgIpc) is 2.93. The number of alkyl halides is 3. The van der Waals surface area contributed by atoms with E-state index >= 15 is 0 Å². The summed E-state index contributed by atoms with van der Waals surface area (Å²) in [5.74, 6) is -0.160. The van der Waals surface area contributed by atoms with Crippen molar-refractivity contribution in [2.75, 3.05) is 0 Å². The summed E-state index contributed by atoms with van der Waals surface area (Å²) in [6, 6.07) is 9.68. The van der Waals surface area contributed by atoms with Gasteiger partial charge in [0, 0.05) is 28.2 Å². The SMILES string of the molecule is C=CCc1cccc([C@H]2CC(c3c(O)cc(C)oc3=O)=Nc3cc(C(F)(F)F)ccc3S2)c1O. The second kappa shape index (κ2) is 9.06. The molecule has 4 rings (SSSR count). The lowest BCUT2D eigenvalue weighted by atomic mass is 9.98. The van der Waals surface area contributed by atoms with E-state index in [1.54, 1.807) is 24.3 Å². The molecule has 1 atom stereocenters. The molecule has 1 aliphatic heterocycles. The molecular weight excluding hydrogens is 467 g/mol. The van der Waals surface area contributed by atoms with Gasteiger partial charge < -0.3 is 14.6 Å². The predicted octanol–water partition coefficient (Wildman–Crippen LogP) is 6.46. The first-order valence-corrected chi connectivity index (χ1v) is 11.2. The summed E-state index contributed by atoms with van der Waals surface area (Å²) < 4.78 is 45.2. The van der Waals surface area contributed by atoms with Crippen LogP contribution in [0.1, 0.15) is 39.7 Å². The molecule has 3 aromatic rings. The molecule has 9 heteroatoms. The number of aromatic hydroxyl groups is 2. The number of phenolic OH excluding ortho intramolecular Hbond substituents is 1. The van der Waals surface area contributed by atoms with E-state index in [0.717, 1.165) is 12.1 Å². The summed E-state index contributed by atoms with van der Waals surface area (Å²) in [4.78, 5) is 17.4. The number of hydrogen-bond acceptors (Lipinski definition) is 6. The molecule has 176 valence electrons. The van der Waals surface area contributed by atoms with E-state index in [0.29, 0.717) is 22.4 Å². The van der Waals surface area contributed by atoms with Gasteiger partial charge in [0.1, 0.15) is 22.8 Å². The van der Waals surface area contributed by atoms with Crippen molar-refractivity contribution in [3.05, 3.63) is 93.6 Å². The zero-order chi connectivity index (χ0) is 24.6. The van der Waals surface area contributed by atoms with Crippen molar-refractivity contribution in [2.24, 2.45) is 4.99 Å². The summed E-state index contributed by atoms with van der Waals surface area (Å²) in [7, 11) is 0. The molecule has 0 fully saturated rings. The Morgan fingerprint density at radius 2 is 2.00 bits per heavy atom. The Morgan fingerprint density at radius 3 is 2.68 bits per heavy atom. The Kier molecular flexibility index (Phi) is 6.31. The standard InChI is InChI=1S/C25H20F3NO4S/c1-3-5-14-6-4-7-16(23(14)31)21-12-18(22-19(30)10-13(2)33-24(22)32)29-17-11-15(25(26,27)28)8-9-20(17)34-21/h3-4,6-11,21,30-31H,1,5,12H2,2H3/t21-/m1/s1. The molecule has 1 aliphatic rings. The van der Waals surface area contributed by atoms with Crippen LogP contribution in [-0.4, -0.2) is 15.9 Å². The quantitative estimate of drug-likeness (QED) is 0.413. The van der Waals surface area contributed by atoms with Crippen LogP contribution in [0.5, 0.6) is 11.5 Å². The minimum Gasteiger partial charge on any atom is -0.507 e. The van der Waals surface area contributed by atoms with Crippen molar-refractivity contribution in [1.29, 1.82) is 0 Å². The van der Waals surface area contributed by atoms with Crippen LogP contribution in [0.2, 0.25) is 0 Å². The summed E-state index contributed by atoms with van der Waals surface area (Å²) in [6.45, 7) is 5.18. The predicted molar refractivity (Wildman–Crippen MR) is 124 cm³/mol. The molecule has 2 N–H and O–H groups in total. The largest absolute Gasteiger partial charge is 0.507 e. The van der Waals surface area contributed by atoms with Gasteiger partial charge in [-0.1, -0.05) is 24.3 Å². The molecule has 34 heavy (non-hydrogen) atoms. The highest BCUT2D eigenvalue weighted by Gasteiger charge is 2.33. The fourth-order valence-electron chi connectivity index (χ4n) is 3.83. The number of aryl methyl sites for hydroxylation is 1. The third-order valence-corrected chi connectivity index (χ3v) is 6.70. The van der Waals surface area contributed by atoms with Gasteiger partial charge in [0.2, 0.25) is 0 Å². The molecular formula is C25H20F3NO4S. The smallest absolute Gasteiger partial charge is 0.416 e. The van der Waals surface area contributed by atoms with E-state index < -0.39 is 22.6 Å². The first kappa shape index (κ1) is 23.7. The summed E-state index contributed by atoms with van der Waals surface area (Å²) in [6.07, 6.45) is -2.46. The molecule has 0 saturated carbocycles. The minimum atomic E-state index is -4.58. The van der Waals surface area contributed by atoms with Crippen molar-refractivity contribution in [3.8, 4) is 11.5 Å². The number of hydrogen-bond donors (Lipinski definition) is 2. The van der Waals surface area contributed by atoms with E-state index in [2.05, 4.69) is 11.6 Å². The maximum atomic E-state index is 13.4. The summed E-state index contributed by atoms with van der Waals surface area (Å²) in [5.41, 5.74) is -0.705. The van der Waals surface area contributed by atoms with Gasteiger partial charge >= 0.3 is 11.8 Å². The summed E-state index contributed by atoms with van der Waals surface area (Å²) >= 11 is 1.22. The van der Waals surface area contributed by atoms with Crippen molar-refractivity contribution in [3.63, 3.8) is 0 Å². The molecule has 0 aliphatic carbocycles. The second-order valence-corrected chi connectivity index (χ2v) is 9.05. The Morgan fingerprint density at radius 1 is 1.24 bits per heavy atom. The first-order chi connectivity index (χ1) is 16.1. The number of allylic oxidation sites excluding steroid dienone is 1. The number of benzene rings is 2. The van der Waals surface area contributed by atoms with Crippen LogP contribution in [0.4, 0.5) is 18.9 Å². The minimum absolute atomic E-state index is 0.0124. The normalized spacial score (nSPS) is 15.9. The van der Waals surface area contributed by atoms with Gasteiger partial charge in [-0.3, -0.25) is 4.99 Å². The van der Waals surface area contributed by atoms with Crippen molar-refractivity contribution >= 4 is 23.2 Å². The Labute approximate surface area is 197 Å². The Balaban J connectivity index is 1.92. The third-order valence-electron chi connectivity index (χ3n) is 5.39. The van der Waals surface area contributed by atoms with Crippen LogP contribution in [0, 0.1) is 6.92 Å². The highest BCUT2D eigenvalue weighted by Crippen LogP contribution is 2.49. The monoisotopic (exact) mass is 487 g/mol. The maximum Gasteiger partial charge on any atom is 0.416 e. The number of thioether (sulfide) groups is 1. The number of aliphatic imine (C=N–C) groups is 1. The van der Waals surface area contributed by atoms with Crippen LogP contribution in [0.25, 0.3) is 0 Å². The number of halogens is 3. The average molecular weight is 487 g/mol. The topological polar surface area (TPSA) is 83.0 Å². The lowest BCUT2D eigenvalue weighted by molar-refractivity contribution is -0.137. The summed E-state index contributed by atoms with van der Waals surface area (Å²) in [5, 5.41) is 20.9. The van der Waals surface area contributed by atoms with E-state index in [1.807, 2.05) is 0 Å². The number of fused-ring (bicyclic) bond motifs is 1. The van der Waals surface area contributed by atoms with E-state index in [-0.39, 0.29) is 40.6 Å². The number of nitrogens with zero attached hydrogens (tertiary/aromatic N) is 1. The third kappa shape index (κ3) is 4.61. The van der Waals surface area contributed by atoms with Gasteiger partial charge in [0.05, 0.1) is 17.0 Å². The van der Waals surface area contributed by atoms with Crippen LogP contribution in [0.3, 0.4) is 0 Å². The molecule has 2 heterocycles. The van der Waals surface area contributed by atoms with Crippen LogP contribution in [-0.2, 0) is 12.6 Å². The molecule has 0 unspecified atom stereocenters. The second-order valence-electron chi connectivity index (χ2n) is 7.80. The molecule has 0 bridgehead atoms. The lowest BCUT2D eigenvalue weighted by Crippen LogP contribution is -2.17. The molecule has 0 spiro atoms. The fraction of sp³-hybridized carbons (Fsp3) is 0.200. The zero-order valence-electron chi connectivity index (χ0n) is 18.0. The number of para-hydroxylation sites is 1. The van der Waals surface area contributed by atoms with Crippen molar-refractivity contribution in [2.45, 2.75) is 36.1 Å². The molecule has 1 aromatic heterocycles. The van der Waals surface area contributed by atoms with E-state index in [4.69, 9.17) is 4.42 Å². The van der Waals surface area contributed by atoms with Crippen LogP contribution < -0.4 is 5.63 Å². The molecule has 0 saturated heterocycles. The molecule has 5 nitrogen and oxygen atoms in total. The Hall–Kier alpha value is -3.46.